The normalized spacial score (nSPS) is 13.1. The van der Waals surface area contributed by atoms with Crippen molar-refractivity contribution in [3.63, 3.8) is 0 Å². The Morgan fingerprint density at radius 3 is 2.37 bits per heavy atom. The number of rotatable bonds is 11. The fourth-order valence-corrected chi connectivity index (χ4v) is 4.93. The van der Waals surface area contributed by atoms with Gasteiger partial charge in [0.15, 0.2) is 0 Å². The molecule has 1 fully saturated rings. The van der Waals surface area contributed by atoms with Gasteiger partial charge < -0.3 is 28.9 Å². The van der Waals surface area contributed by atoms with Gasteiger partial charge in [0.1, 0.15) is 28.6 Å². The van der Waals surface area contributed by atoms with Crippen molar-refractivity contribution in [3.8, 4) is 17.2 Å². The number of pyridine rings is 1. The van der Waals surface area contributed by atoms with Crippen LogP contribution in [0.5, 0.6) is 17.2 Å². The first-order valence-electron chi connectivity index (χ1n) is 12.8. The maximum absolute atomic E-state index is 13.9. The lowest BCUT2D eigenvalue weighted by Crippen LogP contribution is -2.35. The molecule has 0 unspecified atom stereocenters. The van der Waals surface area contributed by atoms with E-state index in [1.165, 1.54) is 0 Å². The summed E-state index contributed by atoms with van der Waals surface area (Å²) in [4.78, 5) is 36.6. The number of methoxy groups -OCH3 is 3. The highest BCUT2D eigenvalue weighted by molar-refractivity contribution is 5.97. The molecule has 202 valence electrons. The summed E-state index contributed by atoms with van der Waals surface area (Å²) in [6.45, 7) is 2.19. The van der Waals surface area contributed by atoms with Gasteiger partial charge in [0, 0.05) is 57.6 Å². The van der Waals surface area contributed by atoms with E-state index in [9.17, 15) is 9.59 Å². The zero-order chi connectivity index (χ0) is 27.2. The highest BCUT2D eigenvalue weighted by Crippen LogP contribution is 2.35. The third-order valence-corrected chi connectivity index (χ3v) is 6.84. The van der Waals surface area contributed by atoms with Crippen molar-refractivity contribution in [2.45, 2.75) is 25.8 Å². The largest absolute Gasteiger partial charge is 0.496 e. The van der Waals surface area contributed by atoms with E-state index in [0.29, 0.717) is 60.8 Å². The Labute approximate surface area is 223 Å². The van der Waals surface area contributed by atoms with Crippen LogP contribution in [0.15, 0.2) is 42.5 Å². The van der Waals surface area contributed by atoms with Gasteiger partial charge in [0.25, 0.3) is 5.91 Å². The number of fused-ring (bicyclic) bond motifs is 1. The topological polar surface area (TPSA) is 84.4 Å². The average Bonchev–Trinajstić information content (AvgIpc) is 3.35. The number of amides is 2. The van der Waals surface area contributed by atoms with Gasteiger partial charge in [-0.25, -0.2) is 4.98 Å². The van der Waals surface area contributed by atoms with Crippen LogP contribution in [0.25, 0.3) is 10.9 Å². The molecule has 1 aliphatic heterocycles. The van der Waals surface area contributed by atoms with Crippen LogP contribution in [0, 0.1) is 0 Å². The minimum absolute atomic E-state index is 0.141. The van der Waals surface area contributed by atoms with Crippen LogP contribution in [-0.2, 0) is 11.3 Å². The third kappa shape index (κ3) is 5.61. The van der Waals surface area contributed by atoms with Gasteiger partial charge in [0.2, 0.25) is 5.91 Å². The number of likely N-dealkylation sites (tertiary alicyclic amines) is 1. The van der Waals surface area contributed by atoms with Gasteiger partial charge >= 0.3 is 0 Å². The second-order valence-corrected chi connectivity index (χ2v) is 9.50. The number of hydrogen-bond donors (Lipinski definition) is 0. The molecular weight excluding hydrogens is 484 g/mol. The van der Waals surface area contributed by atoms with Gasteiger partial charge in [-0.1, -0.05) is 12.1 Å². The number of nitrogens with zero attached hydrogens (tertiary/aromatic N) is 4. The number of ether oxygens (including phenoxy) is 3. The van der Waals surface area contributed by atoms with E-state index in [1.54, 1.807) is 38.4 Å². The summed E-state index contributed by atoms with van der Waals surface area (Å²) in [5.74, 6) is 2.62. The minimum Gasteiger partial charge on any atom is -0.496 e. The number of carbonyl (C=O) groups excluding carboxylic acids is 2. The lowest BCUT2D eigenvalue weighted by molar-refractivity contribution is -0.127. The lowest BCUT2D eigenvalue weighted by atomic mass is 10.1. The van der Waals surface area contributed by atoms with Gasteiger partial charge in [-0.15, -0.1) is 0 Å². The predicted octanol–water partition coefficient (Wildman–Crippen LogP) is 3.98. The molecule has 0 bridgehead atoms. The van der Waals surface area contributed by atoms with Crippen LogP contribution in [0.2, 0.25) is 0 Å². The summed E-state index contributed by atoms with van der Waals surface area (Å²) in [7, 11) is 8.65. The number of benzene rings is 2. The van der Waals surface area contributed by atoms with Crippen molar-refractivity contribution in [1.29, 1.82) is 0 Å². The average molecular weight is 521 g/mol. The Morgan fingerprint density at radius 2 is 1.71 bits per heavy atom. The summed E-state index contributed by atoms with van der Waals surface area (Å²) in [6.07, 6.45) is 2.16. The van der Waals surface area contributed by atoms with Crippen molar-refractivity contribution < 1.29 is 23.8 Å². The third-order valence-electron chi connectivity index (χ3n) is 6.84. The van der Waals surface area contributed by atoms with Crippen LogP contribution in [0.4, 0.5) is 5.82 Å². The molecule has 9 nitrogen and oxygen atoms in total. The molecule has 0 spiro atoms. The van der Waals surface area contributed by atoms with Crippen molar-refractivity contribution >= 4 is 28.5 Å². The van der Waals surface area contributed by atoms with E-state index >= 15 is 0 Å². The Morgan fingerprint density at radius 1 is 1.00 bits per heavy atom. The first kappa shape index (κ1) is 27.0. The standard InChI is InChI=1S/C29H36N4O5/c1-31(2)28-20(18-22-24(37-4)13-14-25(38-5)27(22)30-28)19-33(17-9-16-32-15-8-12-26(32)34)29(35)21-10-6-7-11-23(21)36-3/h6-7,10-11,13-14,18H,8-9,12,15-17,19H2,1-5H3. The van der Waals surface area contributed by atoms with Gasteiger partial charge in [0.05, 0.1) is 26.9 Å². The molecule has 0 saturated carbocycles. The van der Waals surface area contributed by atoms with E-state index in [0.717, 1.165) is 29.7 Å². The molecule has 1 saturated heterocycles. The molecular formula is C29H36N4O5. The molecule has 38 heavy (non-hydrogen) atoms. The Bertz CT molecular complexity index is 1310. The quantitative estimate of drug-likeness (QED) is 0.378. The van der Waals surface area contributed by atoms with Crippen LogP contribution in [-0.4, -0.2) is 81.7 Å². The summed E-state index contributed by atoms with van der Waals surface area (Å²) in [5.41, 5.74) is 2.05. The van der Waals surface area contributed by atoms with Crippen LogP contribution >= 0.6 is 0 Å². The molecule has 3 aromatic rings. The molecule has 2 heterocycles. The number of anilines is 1. The van der Waals surface area contributed by atoms with Crippen molar-refractivity contribution in [2.24, 2.45) is 0 Å². The smallest absolute Gasteiger partial charge is 0.257 e. The molecule has 0 radical (unpaired) electrons. The molecule has 0 N–H and O–H groups in total. The van der Waals surface area contributed by atoms with Crippen LogP contribution in [0.3, 0.4) is 0 Å². The van der Waals surface area contributed by atoms with Gasteiger partial charge in [-0.3, -0.25) is 9.59 Å². The van der Waals surface area contributed by atoms with E-state index in [-0.39, 0.29) is 11.8 Å². The number of carbonyl (C=O) groups is 2. The number of para-hydroxylation sites is 1. The Hall–Kier alpha value is -4.01. The monoisotopic (exact) mass is 520 g/mol. The van der Waals surface area contributed by atoms with Crippen molar-refractivity contribution in [2.75, 3.05) is 60.0 Å². The molecule has 1 aliphatic rings. The molecule has 1 aromatic heterocycles. The highest BCUT2D eigenvalue weighted by Gasteiger charge is 2.24. The van der Waals surface area contributed by atoms with Crippen molar-refractivity contribution in [3.05, 3.63) is 53.6 Å². The maximum atomic E-state index is 13.9. The zero-order valence-electron chi connectivity index (χ0n) is 22.8. The Balaban J connectivity index is 1.72. The molecule has 2 amide bonds. The molecule has 2 aromatic carbocycles. The van der Waals surface area contributed by atoms with E-state index in [1.807, 2.05) is 54.2 Å². The van der Waals surface area contributed by atoms with E-state index in [4.69, 9.17) is 19.2 Å². The van der Waals surface area contributed by atoms with E-state index < -0.39 is 0 Å². The highest BCUT2D eigenvalue weighted by atomic mass is 16.5. The minimum atomic E-state index is -0.141. The van der Waals surface area contributed by atoms with Crippen LogP contribution < -0.4 is 19.1 Å². The number of hydrogen-bond acceptors (Lipinski definition) is 7. The SMILES string of the molecule is COc1ccccc1C(=O)N(CCCN1CCCC1=O)Cc1cc2c(OC)ccc(OC)c2nc1N(C)C. The first-order chi connectivity index (χ1) is 18.4. The predicted molar refractivity (Wildman–Crippen MR) is 147 cm³/mol. The summed E-state index contributed by atoms with van der Waals surface area (Å²) in [5, 5.41) is 0.805. The summed E-state index contributed by atoms with van der Waals surface area (Å²) >= 11 is 0. The molecule has 4 rings (SSSR count). The second-order valence-electron chi connectivity index (χ2n) is 9.50. The van der Waals surface area contributed by atoms with E-state index in [2.05, 4.69) is 0 Å². The molecule has 0 aliphatic carbocycles. The fraction of sp³-hybridized carbons (Fsp3) is 0.414. The number of aromatic nitrogens is 1. The Kier molecular flexibility index (Phi) is 8.55. The zero-order valence-corrected chi connectivity index (χ0v) is 22.8. The lowest BCUT2D eigenvalue weighted by Gasteiger charge is -2.27. The summed E-state index contributed by atoms with van der Waals surface area (Å²) < 4.78 is 16.7. The van der Waals surface area contributed by atoms with Crippen LogP contribution in [0.1, 0.15) is 35.2 Å². The first-order valence-corrected chi connectivity index (χ1v) is 12.8. The van der Waals surface area contributed by atoms with Gasteiger partial charge in [-0.05, 0) is 43.2 Å². The fourth-order valence-electron chi connectivity index (χ4n) is 4.93. The van der Waals surface area contributed by atoms with Crippen molar-refractivity contribution in [1.82, 2.24) is 14.8 Å². The second kappa shape index (κ2) is 12.0. The van der Waals surface area contributed by atoms with Gasteiger partial charge in [-0.2, -0.15) is 0 Å². The maximum Gasteiger partial charge on any atom is 0.257 e. The molecule has 9 heteroatoms. The summed E-state index contributed by atoms with van der Waals surface area (Å²) in [6, 6.07) is 12.9. The molecule has 0 atom stereocenters.